The first kappa shape index (κ1) is 26.1. The molecule has 0 spiro atoms. The standard InChI is InChI=1S/C35H35N3O/c1-24(2)30-16-11-17-31(25(3)4)35(30)38-34-20-6-5-19-33(34)37-27-13-10-15-29(23-27)39-28-14-9-12-26(22-28)32-18-7-8-21-36-32/h5-25,37-38H,1-4H3. The summed E-state index contributed by atoms with van der Waals surface area (Å²) in [5, 5.41) is 7.37. The molecule has 0 saturated carbocycles. The number of hydrogen-bond acceptors (Lipinski definition) is 4. The van der Waals surface area contributed by atoms with E-state index in [0.29, 0.717) is 11.8 Å². The second kappa shape index (κ2) is 11.9. The van der Waals surface area contributed by atoms with Crippen LogP contribution in [0.3, 0.4) is 0 Å². The molecule has 0 saturated heterocycles. The second-order valence-electron chi connectivity index (χ2n) is 10.3. The Balaban J connectivity index is 1.38. The Morgan fingerprint density at radius 2 is 1.21 bits per heavy atom. The van der Waals surface area contributed by atoms with Crippen LogP contribution in [0.5, 0.6) is 11.5 Å². The van der Waals surface area contributed by atoms with Gasteiger partial charge < -0.3 is 15.4 Å². The summed E-state index contributed by atoms with van der Waals surface area (Å²) in [4.78, 5) is 4.45. The summed E-state index contributed by atoms with van der Waals surface area (Å²) in [6.45, 7) is 8.97. The topological polar surface area (TPSA) is 46.2 Å². The normalized spacial score (nSPS) is 11.0. The molecule has 0 fully saturated rings. The van der Waals surface area contributed by atoms with Crippen LogP contribution in [0.1, 0.15) is 50.7 Å². The van der Waals surface area contributed by atoms with Crippen LogP contribution in [0.2, 0.25) is 0 Å². The zero-order valence-electron chi connectivity index (χ0n) is 23.0. The Bertz CT molecular complexity index is 1520. The summed E-state index contributed by atoms with van der Waals surface area (Å²) >= 11 is 0. The van der Waals surface area contributed by atoms with Crippen LogP contribution >= 0.6 is 0 Å². The molecule has 0 aliphatic rings. The van der Waals surface area contributed by atoms with Crippen LogP contribution in [0.15, 0.2) is 115 Å². The van der Waals surface area contributed by atoms with Crippen LogP contribution in [0.4, 0.5) is 22.7 Å². The van der Waals surface area contributed by atoms with Crippen LogP contribution < -0.4 is 15.4 Å². The smallest absolute Gasteiger partial charge is 0.129 e. The maximum atomic E-state index is 6.25. The Labute approximate surface area is 231 Å². The molecular formula is C35H35N3O. The molecule has 0 amide bonds. The van der Waals surface area contributed by atoms with Crippen molar-refractivity contribution in [2.24, 2.45) is 0 Å². The first-order valence-corrected chi connectivity index (χ1v) is 13.5. The van der Waals surface area contributed by atoms with Gasteiger partial charge in [0.15, 0.2) is 0 Å². The lowest BCUT2D eigenvalue weighted by molar-refractivity contribution is 0.483. The maximum Gasteiger partial charge on any atom is 0.129 e. The van der Waals surface area contributed by atoms with Crippen molar-refractivity contribution in [3.63, 3.8) is 0 Å². The lowest BCUT2D eigenvalue weighted by atomic mass is 9.92. The Hall–Kier alpha value is -4.57. The third-order valence-electron chi connectivity index (χ3n) is 6.70. The number of benzene rings is 4. The van der Waals surface area contributed by atoms with Crippen molar-refractivity contribution in [2.75, 3.05) is 10.6 Å². The molecule has 4 aromatic carbocycles. The van der Waals surface area contributed by atoms with Gasteiger partial charge in [0.2, 0.25) is 0 Å². The van der Waals surface area contributed by atoms with Crippen molar-refractivity contribution in [2.45, 2.75) is 39.5 Å². The SMILES string of the molecule is CC(C)c1cccc(C(C)C)c1Nc1ccccc1Nc1cccc(Oc2cccc(-c3ccccn3)c2)c1. The molecule has 0 unspecified atom stereocenters. The molecule has 0 aliphatic carbocycles. The van der Waals surface area contributed by atoms with Crippen molar-refractivity contribution in [1.82, 2.24) is 4.98 Å². The zero-order chi connectivity index (χ0) is 27.2. The molecule has 0 atom stereocenters. The van der Waals surface area contributed by atoms with E-state index in [1.54, 1.807) is 6.20 Å². The molecule has 5 rings (SSSR count). The van der Waals surface area contributed by atoms with Gasteiger partial charge in [0, 0.05) is 29.2 Å². The van der Waals surface area contributed by atoms with E-state index in [1.807, 2.05) is 60.7 Å². The van der Waals surface area contributed by atoms with E-state index in [-0.39, 0.29) is 0 Å². The molecule has 39 heavy (non-hydrogen) atoms. The first-order chi connectivity index (χ1) is 19.0. The minimum atomic E-state index is 0.413. The minimum absolute atomic E-state index is 0.413. The lowest BCUT2D eigenvalue weighted by Crippen LogP contribution is -2.05. The first-order valence-electron chi connectivity index (χ1n) is 13.5. The third-order valence-corrected chi connectivity index (χ3v) is 6.70. The molecule has 4 heteroatoms. The molecular weight excluding hydrogens is 478 g/mol. The van der Waals surface area contributed by atoms with Crippen molar-refractivity contribution < 1.29 is 4.74 Å². The lowest BCUT2D eigenvalue weighted by Gasteiger charge is -2.22. The molecule has 0 radical (unpaired) electrons. The summed E-state index contributed by atoms with van der Waals surface area (Å²) in [6, 6.07) is 36.9. The number of hydrogen-bond donors (Lipinski definition) is 2. The van der Waals surface area contributed by atoms with E-state index in [4.69, 9.17) is 4.74 Å². The second-order valence-corrected chi connectivity index (χ2v) is 10.3. The zero-order valence-corrected chi connectivity index (χ0v) is 23.0. The quantitative estimate of drug-likeness (QED) is 0.206. The number of ether oxygens (including phenoxy) is 1. The van der Waals surface area contributed by atoms with Gasteiger partial charge >= 0.3 is 0 Å². The van der Waals surface area contributed by atoms with Crippen molar-refractivity contribution in [1.29, 1.82) is 0 Å². The van der Waals surface area contributed by atoms with Gasteiger partial charge in [0.25, 0.3) is 0 Å². The highest BCUT2D eigenvalue weighted by Gasteiger charge is 2.15. The number of rotatable bonds is 9. The summed E-state index contributed by atoms with van der Waals surface area (Å²) in [7, 11) is 0. The van der Waals surface area contributed by atoms with Crippen molar-refractivity contribution >= 4 is 22.7 Å². The van der Waals surface area contributed by atoms with Gasteiger partial charge in [-0.2, -0.15) is 0 Å². The molecule has 2 N–H and O–H groups in total. The number of para-hydroxylation sites is 3. The van der Waals surface area contributed by atoms with E-state index in [1.165, 1.54) is 16.8 Å². The average molecular weight is 514 g/mol. The molecule has 1 aromatic heterocycles. The number of pyridine rings is 1. The van der Waals surface area contributed by atoms with Gasteiger partial charge in [-0.05, 0) is 71.5 Å². The fourth-order valence-corrected chi connectivity index (χ4v) is 4.71. The van der Waals surface area contributed by atoms with Crippen molar-refractivity contribution in [3.8, 4) is 22.8 Å². The van der Waals surface area contributed by atoms with E-state index in [2.05, 4.69) is 91.8 Å². The molecule has 196 valence electrons. The van der Waals surface area contributed by atoms with Gasteiger partial charge in [-0.3, -0.25) is 4.98 Å². The Morgan fingerprint density at radius 3 is 1.87 bits per heavy atom. The van der Waals surface area contributed by atoms with Gasteiger partial charge in [0.1, 0.15) is 11.5 Å². The van der Waals surface area contributed by atoms with Gasteiger partial charge in [-0.25, -0.2) is 0 Å². The Morgan fingerprint density at radius 1 is 0.590 bits per heavy atom. The van der Waals surface area contributed by atoms with Gasteiger partial charge in [-0.1, -0.05) is 82.3 Å². The molecule has 1 heterocycles. The van der Waals surface area contributed by atoms with Crippen LogP contribution in [-0.2, 0) is 0 Å². The maximum absolute atomic E-state index is 6.25. The summed E-state index contributed by atoms with van der Waals surface area (Å²) in [5.41, 5.74) is 8.75. The molecule has 0 bridgehead atoms. The molecule has 0 aliphatic heterocycles. The number of nitrogens with zero attached hydrogens (tertiary/aromatic N) is 1. The molecule has 4 nitrogen and oxygen atoms in total. The fourth-order valence-electron chi connectivity index (χ4n) is 4.71. The van der Waals surface area contributed by atoms with E-state index in [0.717, 1.165) is 39.8 Å². The number of nitrogens with one attached hydrogen (secondary N) is 2. The predicted octanol–water partition coefficient (Wildman–Crippen LogP) is 10.3. The highest BCUT2D eigenvalue weighted by atomic mass is 16.5. The number of anilines is 4. The minimum Gasteiger partial charge on any atom is -0.457 e. The highest BCUT2D eigenvalue weighted by Crippen LogP contribution is 2.37. The van der Waals surface area contributed by atoms with Gasteiger partial charge in [0.05, 0.1) is 17.1 Å². The number of aromatic nitrogens is 1. The van der Waals surface area contributed by atoms with Crippen LogP contribution in [-0.4, -0.2) is 4.98 Å². The van der Waals surface area contributed by atoms with Gasteiger partial charge in [-0.15, -0.1) is 0 Å². The monoisotopic (exact) mass is 513 g/mol. The van der Waals surface area contributed by atoms with E-state index in [9.17, 15) is 0 Å². The van der Waals surface area contributed by atoms with E-state index >= 15 is 0 Å². The fraction of sp³-hybridized carbons (Fsp3) is 0.171. The van der Waals surface area contributed by atoms with Crippen LogP contribution in [0, 0.1) is 0 Å². The molecule has 5 aromatic rings. The summed E-state index contributed by atoms with van der Waals surface area (Å²) in [5.74, 6) is 2.35. The summed E-state index contributed by atoms with van der Waals surface area (Å²) in [6.07, 6.45) is 1.80. The van der Waals surface area contributed by atoms with E-state index < -0.39 is 0 Å². The highest BCUT2D eigenvalue weighted by molar-refractivity contribution is 5.80. The van der Waals surface area contributed by atoms with Crippen LogP contribution in [0.25, 0.3) is 11.3 Å². The largest absolute Gasteiger partial charge is 0.457 e. The average Bonchev–Trinajstić information content (AvgIpc) is 2.95. The Kier molecular flexibility index (Phi) is 7.93. The third kappa shape index (κ3) is 6.29. The summed E-state index contributed by atoms with van der Waals surface area (Å²) < 4.78 is 6.25. The predicted molar refractivity (Wildman–Crippen MR) is 164 cm³/mol. The van der Waals surface area contributed by atoms with Crippen molar-refractivity contribution in [3.05, 3.63) is 127 Å².